The number of carbonyl (C=O) groups excluding carboxylic acids is 2. The number of likely N-dealkylation sites (tertiary alicyclic amines) is 1. The number of carbonyl (C=O) groups is 2. The average Bonchev–Trinajstić information content (AvgIpc) is 2.71. The molecule has 0 radical (unpaired) electrons. The van der Waals surface area contributed by atoms with Gasteiger partial charge in [0.25, 0.3) is 0 Å². The zero-order chi connectivity index (χ0) is 15.6. The van der Waals surface area contributed by atoms with Crippen LogP contribution >= 0.6 is 0 Å². The highest BCUT2D eigenvalue weighted by atomic mass is 16.6. The van der Waals surface area contributed by atoms with Gasteiger partial charge in [0.1, 0.15) is 5.60 Å². The van der Waals surface area contributed by atoms with Gasteiger partial charge in [-0.05, 0) is 32.8 Å². The molecule has 1 aromatic carbocycles. The maximum Gasteiger partial charge on any atom is 0.334 e. The van der Waals surface area contributed by atoms with Crippen LogP contribution in [0.5, 0.6) is 0 Å². The SMILES string of the molecule is CC(C)(C)OC(=O)[C@@H](c1ccccc1)N1CC[C@@H](N)C1=O. The van der Waals surface area contributed by atoms with E-state index in [0.29, 0.717) is 13.0 Å². The topological polar surface area (TPSA) is 72.6 Å². The normalized spacial score (nSPS) is 20.5. The summed E-state index contributed by atoms with van der Waals surface area (Å²) in [6, 6.07) is 7.94. The van der Waals surface area contributed by atoms with E-state index in [2.05, 4.69) is 0 Å². The zero-order valence-electron chi connectivity index (χ0n) is 12.7. The monoisotopic (exact) mass is 290 g/mol. The smallest absolute Gasteiger partial charge is 0.334 e. The molecule has 1 heterocycles. The van der Waals surface area contributed by atoms with E-state index in [-0.39, 0.29) is 5.91 Å². The predicted molar refractivity (Wildman–Crippen MR) is 79.3 cm³/mol. The maximum atomic E-state index is 12.5. The number of benzene rings is 1. The molecule has 114 valence electrons. The summed E-state index contributed by atoms with van der Waals surface area (Å²) in [6.45, 7) is 5.90. The van der Waals surface area contributed by atoms with Gasteiger partial charge in [-0.3, -0.25) is 4.79 Å². The van der Waals surface area contributed by atoms with Gasteiger partial charge < -0.3 is 15.4 Å². The first-order valence-electron chi connectivity index (χ1n) is 7.13. The Morgan fingerprint density at radius 3 is 2.43 bits per heavy atom. The minimum atomic E-state index is -0.730. The highest BCUT2D eigenvalue weighted by Gasteiger charge is 2.39. The van der Waals surface area contributed by atoms with E-state index in [1.165, 1.54) is 4.90 Å². The van der Waals surface area contributed by atoms with Crippen molar-refractivity contribution in [2.45, 2.75) is 44.9 Å². The molecule has 1 aliphatic rings. The van der Waals surface area contributed by atoms with Crippen molar-refractivity contribution in [3.63, 3.8) is 0 Å². The fraction of sp³-hybridized carbons (Fsp3) is 0.500. The lowest BCUT2D eigenvalue weighted by molar-refractivity contribution is -0.164. The maximum absolute atomic E-state index is 12.5. The molecule has 1 amide bonds. The molecule has 0 unspecified atom stereocenters. The Morgan fingerprint density at radius 1 is 1.33 bits per heavy atom. The molecule has 0 aromatic heterocycles. The molecule has 0 saturated carbocycles. The lowest BCUT2D eigenvalue weighted by atomic mass is 10.1. The van der Waals surface area contributed by atoms with Crippen molar-refractivity contribution in [2.75, 3.05) is 6.54 Å². The number of hydrogen-bond acceptors (Lipinski definition) is 4. The quantitative estimate of drug-likeness (QED) is 0.859. The van der Waals surface area contributed by atoms with Gasteiger partial charge in [-0.2, -0.15) is 0 Å². The number of esters is 1. The van der Waals surface area contributed by atoms with Gasteiger partial charge in [-0.25, -0.2) is 4.79 Å². The summed E-state index contributed by atoms with van der Waals surface area (Å²) in [7, 11) is 0. The minimum Gasteiger partial charge on any atom is -0.458 e. The highest BCUT2D eigenvalue weighted by Crippen LogP contribution is 2.28. The molecule has 21 heavy (non-hydrogen) atoms. The summed E-state index contributed by atoms with van der Waals surface area (Å²) in [4.78, 5) is 26.2. The number of nitrogens with two attached hydrogens (primary N) is 1. The summed E-state index contributed by atoms with van der Waals surface area (Å²) in [5, 5.41) is 0. The van der Waals surface area contributed by atoms with E-state index in [4.69, 9.17) is 10.5 Å². The van der Waals surface area contributed by atoms with E-state index in [9.17, 15) is 9.59 Å². The molecule has 5 nitrogen and oxygen atoms in total. The number of ether oxygens (including phenoxy) is 1. The molecular weight excluding hydrogens is 268 g/mol. The predicted octanol–water partition coefficient (Wildman–Crippen LogP) is 1.63. The number of nitrogens with zero attached hydrogens (tertiary/aromatic N) is 1. The number of amides is 1. The molecule has 2 N–H and O–H groups in total. The van der Waals surface area contributed by atoms with Crippen molar-refractivity contribution < 1.29 is 14.3 Å². The molecule has 0 spiro atoms. The van der Waals surface area contributed by atoms with Crippen molar-refractivity contribution >= 4 is 11.9 Å². The molecule has 0 aliphatic carbocycles. The Kier molecular flexibility index (Phi) is 4.32. The molecular formula is C16H22N2O3. The molecule has 1 saturated heterocycles. The van der Waals surface area contributed by atoms with Crippen molar-refractivity contribution in [3.8, 4) is 0 Å². The highest BCUT2D eigenvalue weighted by molar-refractivity contribution is 5.89. The Morgan fingerprint density at radius 2 is 1.95 bits per heavy atom. The lowest BCUT2D eigenvalue weighted by Crippen LogP contribution is -2.42. The van der Waals surface area contributed by atoms with Gasteiger partial charge in [-0.1, -0.05) is 30.3 Å². The second-order valence-electron chi connectivity index (χ2n) is 6.27. The van der Waals surface area contributed by atoms with Crippen molar-refractivity contribution in [1.29, 1.82) is 0 Å². The van der Waals surface area contributed by atoms with Crippen molar-refractivity contribution in [1.82, 2.24) is 4.90 Å². The Hall–Kier alpha value is -1.88. The van der Waals surface area contributed by atoms with E-state index >= 15 is 0 Å². The van der Waals surface area contributed by atoms with Gasteiger partial charge >= 0.3 is 5.97 Å². The first kappa shape index (κ1) is 15.5. The van der Waals surface area contributed by atoms with E-state index in [1.807, 2.05) is 51.1 Å². The summed E-state index contributed by atoms with van der Waals surface area (Å²) >= 11 is 0. The summed E-state index contributed by atoms with van der Waals surface area (Å²) in [5.41, 5.74) is 5.91. The molecule has 5 heteroatoms. The second kappa shape index (κ2) is 5.85. The Bertz CT molecular complexity index is 522. The third kappa shape index (κ3) is 3.61. The van der Waals surface area contributed by atoms with Gasteiger partial charge in [-0.15, -0.1) is 0 Å². The first-order valence-corrected chi connectivity index (χ1v) is 7.13. The van der Waals surface area contributed by atoms with Crippen LogP contribution in [0.15, 0.2) is 30.3 Å². The number of rotatable bonds is 3. The van der Waals surface area contributed by atoms with Gasteiger partial charge in [0.05, 0.1) is 6.04 Å². The van der Waals surface area contributed by atoms with E-state index in [0.717, 1.165) is 5.56 Å². The molecule has 0 bridgehead atoms. The largest absolute Gasteiger partial charge is 0.458 e. The molecule has 1 fully saturated rings. The molecule has 2 atom stereocenters. The van der Waals surface area contributed by atoms with Crippen LogP contribution in [0, 0.1) is 0 Å². The van der Waals surface area contributed by atoms with Gasteiger partial charge in [0, 0.05) is 6.54 Å². The summed E-state index contributed by atoms with van der Waals surface area (Å²) < 4.78 is 5.48. The van der Waals surface area contributed by atoms with Crippen LogP contribution in [0.3, 0.4) is 0 Å². The number of hydrogen-bond donors (Lipinski definition) is 1. The molecule has 1 aliphatic heterocycles. The molecule has 2 rings (SSSR count). The van der Waals surface area contributed by atoms with Crippen LogP contribution in [0.4, 0.5) is 0 Å². The van der Waals surface area contributed by atoms with Crippen molar-refractivity contribution in [2.24, 2.45) is 5.73 Å². The summed E-state index contributed by atoms with van der Waals surface area (Å²) in [6.07, 6.45) is 0.560. The van der Waals surface area contributed by atoms with Crippen LogP contribution in [0.25, 0.3) is 0 Å². The third-order valence-corrected chi connectivity index (χ3v) is 3.34. The van der Waals surface area contributed by atoms with Crippen LogP contribution in [0.2, 0.25) is 0 Å². The zero-order valence-corrected chi connectivity index (χ0v) is 12.7. The van der Waals surface area contributed by atoms with Gasteiger partial charge in [0.15, 0.2) is 6.04 Å². The van der Waals surface area contributed by atoms with Crippen LogP contribution in [-0.2, 0) is 14.3 Å². The van der Waals surface area contributed by atoms with Gasteiger partial charge in [0.2, 0.25) is 5.91 Å². The fourth-order valence-corrected chi connectivity index (χ4v) is 2.42. The van der Waals surface area contributed by atoms with Crippen LogP contribution in [-0.4, -0.2) is 35.0 Å². The van der Waals surface area contributed by atoms with E-state index < -0.39 is 23.7 Å². The Labute approximate surface area is 125 Å². The fourth-order valence-electron chi connectivity index (χ4n) is 2.42. The standard InChI is InChI=1S/C16H22N2O3/c1-16(2,3)21-15(20)13(11-7-5-4-6-8-11)18-10-9-12(17)14(18)19/h4-8,12-13H,9-10,17H2,1-3H3/t12-,13-/m1/s1. The lowest BCUT2D eigenvalue weighted by Gasteiger charge is -2.30. The summed E-state index contributed by atoms with van der Waals surface area (Å²) in [5.74, 6) is -0.620. The van der Waals surface area contributed by atoms with Crippen molar-refractivity contribution in [3.05, 3.63) is 35.9 Å². The molecule has 1 aromatic rings. The van der Waals surface area contributed by atoms with Crippen LogP contribution in [0.1, 0.15) is 38.8 Å². The minimum absolute atomic E-state index is 0.199. The average molecular weight is 290 g/mol. The Balaban J connectivity index is 2.32. The third-order valence-electron chi connectivity index (χ3n) is 3.34. The first-order chi connectivity index (χ1) is 9.79. The second-order valence-corrected chi connectivity index (χ2v) is 6.27. The van der Waals surface area contributed by atoms with Crippen LogP contribution < -0.4 is 5.73 Å². The van der Waals surface area contributed by atoms with E-state index in [1.54, 1.807) is 0 Å².